The molecular weight excluding hydrogens is 521 g/mol. The van der Waals surface area contributed by atoms with Crippen molar-refractivity contribution in [3.63, 3.8) is 0 Å². The summed E-state index contributed by atoms with van der Waals surface area (Å²) in [5.41, 5.74) is -0.258. The van der Waals surface area contributed by atoms with E-state index in [-0.39, 0.29) is 32.1 Å². The number of benzene rings is 2. The summed E-state index contributed by atoms with van der Waals surface area (Å²) in [6.07, 6.45) is 0.687. The van der Waals surface area contributed by atoms with E-state index in [4.69, 9.17) is 19.3 Å². The quantitative estimate of drug-likeness (QED) is 0.396. The number of halogens is 1. The van der Waals surface area contributed by atoms with Gasteiger partial charge < -0.3 is 34.4 Å². The van der Waals surface area contributed by atoms with Gasteiger partial charge in [-0.15, -0.1) is 0 Å². The SMILES string of the molecule is CC(C)(C)OC(=O)NC1(CCOc2ccc(N(C=O)CCO)cc2F)CCN(C(=O)OCc2ccccc2)CC1. The topological polar surface area (TPSA) is 118 Å². The Morgan fingerprint density at radius 2 is 1.85 bits per heavy atom. The average Bonchev–Trinajstić information content (AvgIpc) is 2.91. The summed E-state index contributed by atoms with van der Waals surface area (Å²) in [5.74, 6) is -0.666. The van der Waals surface area contributed by atoms with Crippen molar-refractivity contribution in [3.05, 3.63) is 59.9 Å². The Balaban J connectivity index is 1.62. The largest absolute Gasteiger partial charge is 0.490 e. The van der Waals surface area contributed by atoms with Crippen molar-refractivity contribution in [2.75, 3.05) is 37.7 Å². The summed E-state index contributed by atoms with van der Waals surface area (Å²) in [7, 11) is 0. The number of rotatable bonds is 11. The zero-order chi connectivity index (χ0) is 29.2. The van der Waals surface area contributed by atoms with Crippen LogP contribution in [0.3, 0.4) is 0 Å². The monoisotopic (exact) mass is 559 g/mol. The third kappa shape index (κ3) is 9.11. The van der Waals surface area contributed by atoms with E-state index in [0.717, 1.165) is 11.6 Å². The number of hydrogen-bond donors (Lipinski definition) is 2. The Morgan fingerprint density at radius 1 is 1.15 bits per heavy atom. The fourth-order valence-corrected chi connectivity index (χ4v) is 4.38. The highest BCUT2D eigenvalue weighted by molar-refractivity contribution is 5.75. The minimum absolute atomic E-state index is 0.00654. The van der Waals surface area contributed by atoms with E-state index in [1.165, 1.54) is 17.0 Å². The molecule has 2 aromatic rings. The predicted octanol–water partition coefficient (Wildman–Crippen LogP) is 4.25. The number of aliphatic hydroxyl groups excluding tert-OH is 1. The number of hydrogen-bond acceptors (Lipinski definition) is 7. The Morgan fingerprint density at radius 3 is 2.45 bits per heavy atom. The summed E-state index contributed by atoms with van der Waals surface area (Å²) < 4.78 is 31.3. The highest BCUT2D eigenvalue weighted by Gasteiger charge is 2.39. The fraction of sp³-hybridized carbons (Fsp3) is 0.483. The summed E-state index contributed by atoms with van der Waals surface area (Å²) in [5, 5.41) is 12.0. The van der Waals surface area contributed by atoms with Crippen molar-refractivity contribution in [3.8, 4) is 5.75 Å². The van der Waals surface area contributed by atoms with E-state index in [1.54, 1.807) is 25.7 Å². The summed E-state index contributed by atoms with van der Waals surface area (Å²) in [6.45, 7) is 6.04. The fourth-order valence-electron chi connectivity index (χ4n) is 4.38. The maximum atomic E-state index is 14.7. The van der Waals surface area contributed by atoms with Gasteiger partial charge in [0.25, 0.3) is 0 Å². The summed E-state index contributed by atoms with van der Waals surface area (Å²) in [6, 6.07) is 13.5. The zero-order valence-electron chi connectivity index (χ0n) is 23.2. The summed E-state index contributed by atoms with van der Waals surface area (Å²) in [4.78, 5) is 39.3. The van der Waals surface area contributed by atoms with Crippen LogP contribution in [0, 0.1) is 5.82 Å². The Bertz CT molecular complexity index is 1130. The van der Waals surface area contributed by atoms with E-state index >= 15 is 0 Å². The van der Waals surface area contributed by atoms with Crippen molar-refractivity contribution in [1.82, 2.24) is 10.2 Å². The number of ether oxygens (including phenoxy) is 3. The maximum Gasteiger partial charge on any atom is 0.410 e. The number of anilines is 1. The van der Waals surface area contributed by atoms with E-state index in [2.05, 4.69) is 5.32 Å². The molecule has 2 N–H and O–H groups in total. The normalized spacial score (nSPS) is 14.7. The van der Waals surface area contributed by atoms with Gasteiger partial charge in [0.15, 0.2) is 11.6 Å². The van der Waals surface area contributed by atoms with E-state index in [9.17, 15) is 18.8 Å². The lowest BCUT2D eigenvalue weighted by Crippen LogP contribution is -2.57. The average molecular weight is 560 g/mol. The first-order valence-electron chi connectivity index (χ1n) is 13.3. The molecule has 0 radical (unpaired) electrons. The highest BCUT2D eigenvalue weighted by atomic mass is 19.1. The van der Waals surface area contributed by atoms with Crippen LogP contribution in [0.25, 0.3) is 0 Å². The third-order valence-electron chi connectivity index (χ3n) is 6.50. The lowest BCUT2D eigenvalue weighted by molar-refractivity contribution is -0.107. The van der Waals surface area contributed by atoms with Crippen LogP contribution in [-0.2, 0) is 20.9 Å². The second-order valence-corrected chi connectivity index (χ2v) is 10.7. The number of likely N-dealkylation sites (tertiary alicyclic amines) is 1. The molecule has 11 heteroatoms. The number of amides is 3. The van der Waals surface area contributed by atoms with Crippen LogP contribution in [0.4, 0.5) is 19.7 Å². The van der Waals surface area contributed by atoms with E-state index in [0.29, 0.717) is 44.4 Å². The van der Waals surface area contributed by atoms with Gasteiger partial charge in [0.1, 0.15) is 12.2 Å². The first-order chi connectivity index (χ1) is 19.0. The van der Waals surface area contributed by atoms with Crippen LogP contribution in [0.5, 0.6) is 5.75 Å². The molecule has 1 saturated heterocycles. The highest BCUT2D eigenvalue weighted by Crippen LogP contribution is 2.29. The minimum Gasteiger partial charge on any atom is -0.490 e. The van der Waals surface area contributed by atoms with Gasteiger partial charge in [0.05, 0.1) is 13.2 Å². The third-order valence-corrected chi connectivity index (χ3v) is 6.50. The van der Waals surface area contributed by atoms with Crippen LogP contribution < -0.4 is 15.0 Å². The molecule has 0 aromatic heterocycles. The molecule has 40 heavy (non-hydrogen) atoms. The van der Waals surface area contributed by atoms with Gasteiger partial charge in [-0.25, -0.2) is 14.0 Å². The van der Waals surface area contributed by atoms with Crippen molar-refractivity contribution >= 4 is 24.3 Å². The molecule has 218 valence electrons. The molecule has 3 amide bonds. The lowest BCUT2D eigenvalue weighted by atomic mass is 9.84. The maximum absolute atomic E-state index is 14.7. The molecule has 1 heterocycles. The summed E-state index contributed by atoms with van der Waals surface area (Å²) >= 11 is 0. The number of carbonyl (C=O) groups excluding carboxylic acids is 3. The van der Waals surface area contributed by atoms with Crippen LogP contribution >= 0.6 is 0 Å². The first kappa shape index (κ1) is 30.7. The molecule has 1 fully saturated rings. The Hall–Kier alpha value is -3.86. The molecule has 2 aromatic carbocycles. The number of aliphatic hydroxyl groups is 1. The molecule has 0 atom stereocenters. The molecule has 0 spiro atoms. The van der Waals surface area contributed by atoms with E-state index < -0.39 is 29.1 Å². The van der Waals surface area contributed by atoms with Gasteiger partial charge in [0, 0.05) is 43.3 Å². The zero-order valence-corrected chi connectivity index (χ0v) is 23.2. The number of carbonyl (C=O) groups is 3. The lowest BCUT2D eigenvalue weighted by Gasteiger charge is -2.42. The van der Waals surface area contributed by atoms with Crippen LogP contribution in [0.1, 0.15) is 45.6 Å². The number of alkyl carbamates (subject to hydrolysis) is 1. The van der Waals surface area contributed by atoms with Crippen LogP contribution in [-0.4, -0.2) is 72.6 Å². The van der Waals surface area contributed by atoms with E-state index in [1.807, 2.05) is 30.3 Å². The van der Waals surface area contributed by atoms with Crippen molar-refractivity contribution in [2.45, 2.75) is 57.8 Å². The van der Waals surface area contributed by atoms with Gasteiger partial charge in [-0.3, -0.25) is 4.79 Å². The molecule has 1 aliphatic rings. The molecule has 0 saturated carbocycles. The second-order valence-electron chi connectivity index (χ2n) is 10.7. The van der Waals surface area contributed by atoms with Crippen LogP contribution in [0.2, 0.25) is 0 Å². The standard InChI is InChI=1S/C29H38FN3O7/c1-28(2,3)40-26(36)31-29(11-14-32(15-12-29)27(37)39-20-22-7-5-4-6-8-22)13-18-38-25-10-9-23(19-24(25)30)33(21-35)16-17-34/h4-10,19,21,34H,11-18,20H2,1-3H3,(H,31,36). The molecule has 0 bridgehead atoms. The Labute approximate surface area is 234 Å². The van der Waals surface area contributed by atoms with Crippen molar-refractivity contribution < 1.29 is 38.1 Å². The molecule has 10 nitrogen and oxygen atoms in total. The number of nitrogens with one attached hydrogen (secondary N) is 1. The molecule has 1 aliphatic heterocycles. The van der Waals surface area contributed by atoms with Gasteiger partial charge >= 0.3 is 12.2 Å². The first-order valence-corrected chi connectivity index (χ1v) is 13.3. The van der Waals surface area contributed by atoms with Crippen molar-refractivity contribution in [2.24, 2.45) is 0 Å². The molecular formula is C29H38FN3O7. The molecule has 0 aliphatic carbocycles. The minimum atomic E-state index is -0.746. The van der Waals surface area contributed by atoms with Crippen LogP contribution in [0.15, 0.2) is 48.5 Å². The number of nitrogens with zero attached hydrogens (tertiary/aromatic N) is 2. The van der Waals surface area contributed by atoms with Gasteiger partial charge in [-0.1, -0.05) is 30.3 Å². The van der Waals surface area contributed by atoms with Crippen molar-refractivity contribution in [1.29, 1.82) is 0 Å². The van der Waals surface area contributed by atoms with Gasteiger partial charge in [0.2, 0.25) is 6.41 Å². The van der Waals surface area contributed by atoms with Gasteiger partial charge in [-0.2, -0.15) is 0 Å². The Kier molecular flexibility index (Phi) is 10.7. The molecule has 0 unspecified atom stereocenters. The molecule has 3 rings (SSSR count). The number of piperidine rings is 1. The second kappa shape index (κ2) is 14.0. The predicted molar refractivity (Wildman–Crippen MR) is 147 cm³/mol. The van der Waals surface area contributed by atoms with Gasteiger partial charge in [-0.05, 0) is 51.3 Å². The smallest absolute Gasteiger partial charge is 0.410 e.